The molecule has 0 fully saturated rings. The summed E-state index contributed by atoms with van der Waals surface area (Å²) in [6, 6.07) is 46.4. The second kappa shape index (κ2) is 8.11. The first-order valence-corrected chi connectivity index (χ1v) is 13.7. The Morgan fingerprint density at radius 1 is 0.463 bits per heavy atom. The van der Waals surface area contributed by atoms with Gasteiger partial charge in [0.25, 0.3) is 0 Å². The van der Waals surface area contributed by atoms with Crippen LogP contribution >= 0.6 is 0 Å². The standard InChI is InChI=1S/C37H21N3O/c38-22-23-10-7-18-31-35(23)26-13-3-6-17-30(26)40(31)33-20-8-14-27-36-32(19-9-21-34(36)41-37(27)33)39-28-15-4-1-11-24(28)25-12-2-5-16-29(25)39/h1-21H. The number of aromatic nitrogens is 2. The highest BCUT2D eigenvalue weighted by Crippen LogP contribution is 2.42. The van der Waals surface area contributed by atoms with Gasteiger partial charge >= 0.3 is 0 Å². The van der Waals surface area contributed by atoms with Crippen molar-refractivity contribution in [2.24, 2.45) is 0 Å². The van der Waals surface area contributed by atoms with Gasteiger partial charge < -0.3 is 13.6 Å². The zero-order valence-corrected chi connectivity index (χ0v) is 21.9. The molecular formula is C37H21N3O. The lowest BCUT2D eigenvalue weighted by Gasteiger charge is -2.10. The number of furan rings is 1. The average molecular weight is 524 g/mol. The monoisotopic (exact) mass is 523 g/mol. The van der Waals surface area contributed by atoms with Gasteiger partial charge in [-0.1, -0.05) is 78.9 Å². The Labute approximate surface area is 234 Å². The van der Waals surface area contributed by atoms with Gasteiger partial charge in [-0.15, -0.1) is 0 Å². The predicted molar refractivity (Wildman–Crippen MR) is 167 cm³/mol. The van der Waals surface area contributed by atoms with Gasteiger partial charge in [-0.25, -0.2) is 0 Å². The van der Waals surface area contributed by atoms with Crippen LogP contribution in [0.2, 0.25) is 0 Å². The number of para-hydroxylation sites is 4. The molecule has 190 valence electrons. The lowest BCUT2D eigenvalue weighted by atomic mass is 10.1. The van der Waals surface area contributed by atoms with Crippen molar-refractivity contribution in [3.63, 3.8) is 0 Å². The smallest absolute Gasteiger partial charge is 0.159 e. The van der Waals surface area contributed by atoms with Crippen LogP contribution in [0.25, 0.3) is 76.9 Å². The molecule has 0 radical (unpaired) electrons. The molecule has 0 spiro atoms. The number of nitriles is 1. The van der Waals surface area contributed by atoms with Crippen LogP contribution in [-0.2, 0) is 0 Å². The number of nitrogens with zero attached hydrogens (tertiary/aromatic N) is 3. The molecule has 0 saturated heterocycles. The summed E-state index contributed by atoms with van der Waals surface area (Å²) >= 11 is 0. The van der Waals surface area contributed by atoms with E-state index < -0.39 is 0 Å². The maximum Gasteiger partial charge on any atom is 0.159 e. The highest BCUT2D eigenvalue weighted by atomic mass is 16.3. The van der Waals surface area contributed by atoms with Gasteiger partial charge in [0.15, 0.2) is 5.58 Å². The van der Waals surface area contributed by atoms with Gasteiger partial charge in [0.1, 0.15) is 5.58 Å². The molecule has 0 N–H and O–H groups in total. The first-order valence-electron chi connectivity index (χ1n) is 13.7. The highest BCUT2D eigenvalue weighted by Gasteiger charge is 2.21. The van der Waals surface area contributed by atoms with Crippen molar-refractivity contribution >= 4 is 65.6 Å². The topological polar surface area (TPSA) is 46.8 Å². The second-order valence-corrected chi connectivity index (χ2v) is 10.4. The van der Waals surface area contributed by atoms with E-state index in [1.54, 1.807) is 0 Å². The average Bonchev–Trinajstić information content (AvgIpc) is 3.69. The Balaban J connectivity index is 1.42. The maximum atomic E-state index is 9.93. The summed E-state index contributed by atoms with van der Waals surface area (Å²) in [6.45, 7) is 0. The van der Waals surface area contributed by atoms with Gasteiger partial charge in [-0.3, -0.25) is 0 Å². The third kappa shape index (κ3) is 2.87. The molecule has 3 heterocycles. The Hall–Kier alpha value is -5.79. The normalized spacial score (nSPS) is 11.9. The van der Waals surface area contributed by atoms with E-state index in [4.69, 9.17) is 4.42 Å². The number of hydrogen-bond acceptors (Lipinski definition) is 2. The summed E-state index contributed by atoms with van der Waals surface area (Å²) in [5, 5.41) is 16.5. The quantitative estimate of drug-likeness (QED) is 0.226. The molecule has 3 aromatic heterocycles. The molecule has 0 aliphatic rings. The molecule has 9 aromatic rings. The molecule has 0 atom stereocenters. The molecule has 0 bridgehead atoms. The number of rotatable bonds is 2. The second-order valence-electron chi connectivity index (χ2n) is 10.4. The Kier molecular flexibility index (Phi) is 4.37. The lowest BCUT2D eigenvalue weighted by Crippen LogP contribution is -1.95. The minimum Gasteiger partial charge on any atom is -0.454 e. The van der Waals surface area contributed by atoms with Crippen LogP contribution in [0, 0.1) is 11.3 Å². The van der Waals surface area contributed by atoms with Crippen molar-refractivity contribution in [3.8, 4) is 17.4 Å². The van der Waals surface area contributed by atoms with Crippen molar-refractivity contribution in [3.05, 3.63) is 133 Å². The van der Waals surface area contributed by atoms with E-state index in [2.05, 4.69) is 118 Å². The fourth-order valence-corrected chi connectivity index (χ4v) is 6.73. The third-order valence-corrected chi connectivity index (χ3v) is 8.36. The van der Waals surface area contributed by atoms with E-state index in [1.165, 1.54) is 10.8 Å². The third-order valence-electron chi connectivity index (χ3n) is 8.36. The maximum absolute atomic E-state index is 9.93. The Morgan fingerprint density at radius 2 is 1.00 bits per heavy atom. The molecule has 4 nitrogen and oxygen atoms in total. The van der Waals surface area contributed by atoms with Crippen molar-refractivity contribution in [1.82, 2.24) is 9.13 Å². The van der Waals surface area contributed by atoms with Crippen LogP contribution < -0.4 is 0 Å². The van der Waals surface area contributed by atoms with Gasteiger partial charge in [0, 0.05) is 26.9 Å². The van der Waals surface area contributed by atoms with E-state index in [-0.39, 0.29) is 0 Å². The zero-order chi connectivity index (χ0) is 27.1. The van der Waals surface area contributed by atoms with Crippen LogP contribution in [0.1, 0.15) is 5.56 Å². The van der Waals surface area contributed by atoms with E-state index >= 15 is 0 Å². The largest absolute Gasteiger partial charge is 0.454 e. The van der Waals surface area contributed by atoms with E-state index in [0.29, 0.717) is 5.56 Å². The van der Waals surface area contributed by atoms with Crippen molar-refractivity contribution in [1.29, 1.82) is 5.26 Å². The number of benzene rings is 6. The van der Waals surface area contributed by atoms with Gasteiger partial charge in [0.2, 0.25) is 0 Å². The van der Waals surface area contributed by atoms with Crippen LogP contribution in [-0.4, -0.2) is 9.13 Å². The summed E-state index contributed by atoms with van der Waals surface area (Å²) in [5.41, 5.74) is 8.73. The van der Waals surface area contributed by atoms with Crippen molar-refractivity contribution in [2.45, 2.75) is 0 Å². The molecule has 4 heteroatoms. The van der Waals surface area contributed by atoms with Gasteiger partial charge in [-0.05, 0) is 48.5 Å². The first kappa shape index (κ1) is 22.1. The van der Waals surface area contributed by atoms with Crippen molar-refractivity contribution < 1.29 is 4.42 Å². The fraction of sp³-hybridized carbons (Fsp3) is 0. The fourth-order valence-electron chi connectivity index (χ4n) is 6.73. The first-order chi connectivity index (χ1) is 20.3. The molecule has 6 aromatic carbocycles. The van der Waals surface area contributed by atoms with Crippen LogP contribution in [0.15, 0.2) is 132 Å². The molecule has 0 aliphatic carbocycles. The summed E-state index contributed by atoms with van der Waals surface area (Å²) in [5.74, 6) is 0. The van der Waals surface area contributed by atoms with E-state index in [1.807, 2.05) is 24.3 Å². The molecule has 9 rings (SSSR count). The lowest BCUT2D eigenvalue weighted by molar-refractivity contribution is 0.666. The number of fused-ring (bicyclic) bond motifs is 9. The summed E-state index contributed by atoms with van der Waals surface area (Å²) in [7, 11) is 0. The highest BCUT2D eigenvalue weighted by molar-refractivity contribution is 6.17. The Bertz CT molecular complexity index is 2500. The summed E-state index contributed by atoms with van der Waals surface area (Å²) in [6.07, 6.45) is 0. The molecule has 0 amide bonds. The molecule has 0 unspecified atom stereocenters. The minimum absolute atomic E-state index is 0.669. The molecular weight excluding hydrogens is 502 g/mol. The van der Waals surface area contributed by atoms with Gasteiger partial charge in [0.05, 0.1) is 50.5 Å². The minimum atomic E-state index is 0.669. The zero-order valence-electron chi connectivity index (χ0n) is 21.9. The molecule has 0 saturated carbocycles. The SMILES string of the molecule is N#Cc1cccc2c1c1ccccc1n2-c1cccc2c1oc1cccc(-n3c4ccccc4c4ccccc43)c12. The molecule has 0 aliphatic heterocycles. The van der Waals surface area contributed by atoms with Crippen molar-refractivity contribution in [2.75, 3.05) is 0 Å². The van der Waals surface area contributed by atoms with Gasteiger partial charge in [-0.2, -0.15) is 5.26 Å². The van der Waals surface area contributed by atoms with E-state index in [0.717, 1.165) is 66.2 Å². The van der Waals surface area contributed by atoms with Crippen LogP contribution in [0.4, 0.5) is 0 Å². The summed E-state index contributed by atoms with van der Waals surface area (Å²) in [4.78, 5) is 0. The molecule has 41 heavy (non-hydrogen) atoms. The number of hydrogen-bond donors (Lipinski definition) is 0. The van der Waals surface area contributed by atoms with Crippen LogP contribution in [0.5, 0.6) is 0 Å². The predicted octanol–water partition coefficient (Wildman–Crippen LogP) is 9.65. The summed E-state index contributed by atoms with van der Waals surface area (Å²) < 4.78 is 11.3. The van der Waals surface area contributed by atoms with E-state index in [9.17, 15) is 5.26 Å². The Morgan fingerprint density at radius 3 is 1.73 bits per heavy atom. The van der Waals surface area contributed by atoms with Crippen LogP contribution in [0.3, 0.4) is 0 Å².